The number of benzene rings is 1. The van der Waals surface area contributed by atoms with Gasteiger partial charge < -0.3 is 5.73 Å². The molecule has 1 amide bonds. The number of primary amides is 1. The van der Waals surface area contributed by atoms with Crippen molar-refractivity contribution < 1.29 is 4.79 Å². The zero-order valence-electron chi connectivity index (χ0n) is 13.9. The molecule has 1 aromatic carbocycles. The Kier molecular flexibility index (Phi) is 4.83. The number of aromatic nitrogens is 2. The fraction of sp³-hybridized carbons (Fsp3) is 0.389. The zero-order chi connectivity index (χ0) is 17.3. The lowest BCUT2D eigenvalue weighted by Gasteiger charge is -2.15. The summed E-state index contributed by atoms with van der Waals surface area (Å²) in [5.41, 5.74) is 8.29. The predicted octanol–water partition coefficient (Wildman–Crippen LogP) is 2.66. The lowest BCUT2D eigenvalue weighted by atomic mass is 9.98. The molecule has 0 radical (unpaired) electrons. The first kappa shape index (κ1) is 16.9. The monoisotopic (exact) mass is 344 g/mol. The minimum atomic E-state index is -0.217. The summed E-state index contributed by atoms with van der Waals surface area (Å²) in [4.78, 5) is 22.9. The van der Waals surface area contributed by atoms with Gasteiger partial charge in [-0.2, -0.15) is 0 Å². The average molecular weight is 345 g/mol. The highest BCUT2D eigenvalue weighted by atomic mass is 35.5. The van der Waals surface area contributed by atoms with Crippen LogP contribution in [-0.2, 0) is 11.3 Å². The van der Waals surface area contributed by atoms with E-state index < -0.39 is 0 Å². The van der Waals surface area contributed by atoms with Crippen LogP contribution in [0.3, 0.4) is 0 Å². The second-order valence-electron chi connectivity index (χ2n) is 6.51. The molecule has 1 fully saturated rings. The van der Waals surface area contributed by atoms with Crippen LogP contribution in [0.1, 0.15) is 18.3 Å². The Morgan fingerprint density at radius 3 is 2.62 bits per heavy atom. The number of carbonyl (C=O) groups excluding carboxylic acids is 1. The van der Waals surface area contributed by atoms with Crippen LogP contribution in [-0.4, -0.2) is 33.9 Å². The van der Waals surface area contributed by atoms with E-state index in [9.17, 15) is 4.79 Å². The van der Waals surface area contributed by atoms with Crippen molar-refractivity contribution in [3.63, 3.8) is 0 Å². The van der Waals surface area contributed by atoms with Crippen molar-refractivity contribution in [1.82, 2.24) is 14.9 Å². The van der Waals surface area contributed by atoms with Gasteiger partial charge in [-0.1, -0.05) is 18.5 Å². The summed E-state index contributed by atoms with van der Waals surface area (Å²) < 4.78 is 0. The Labute approximate surface area is 146 Å². The Morgan fingerprint density at radius 2 is 2.00 bits per heavy atom. The molecular weight excluding hydrogens is 324 g/mol. The van der Waals surface area contributed by atoms with E-state index in [0.29, 0.717) is 23.9 Å². The molecule has 0 saturated carbocycles. The summed E-state index contributed by atoms with van der Waals surface area (Å²) in [6, 6.07) is 9.50. The molecule has 2 N–H and O–H groups in total. The predicted molar refractivity (Wildman–Crippen MR) is 94.3 cm³/mol. The number of hydrogen-bond donors (Lipinski definition) is 1. The van der Waals surface area contributed by atoms with Crippen LogP contribution < -0.4 is 5.73 Å². The minimum absolute atomic E-state index is 0.0799. The Balaban J connectivity index is 1.80. The smallest absolute Gasteiger partial charge is 0.222 e. The molecule has 1 aliphatic heterocycles. The zero-order valence-corrected chi connectivity index (χ0v) is 14.6. The average Bonchev–Trinajstić information content (AvgIpc) is 2.88. The van der Waals surface area contributed by atoms with Gasteiger partial charge in [-0.25, -0.2) is 9.97 Å². The molecule has 1 saturated heterocycles. The number of halogens is 1. The molecule has 6 heteroatoms. The maximum absolute atomic E-state index is 11.5. The van der Waals surface area contributed by atoms with E-state index >= 15 is 0 Å². The first-order valence-electron chi connectivity index (χ1n) is 8.04. The SMILES string of the molecule is Cc1cc(CN2C[C@@H](C)[C@H](C(N)=O)C2)nc(-c2ccc(Cl)cc2)n1. The highest BCUT2D eigenvalue weighted by Crippen LogP contribution is 2.25. The highest BCUT2D eigenvalue weighted by Gasteiger charge is 2.33. The van der Waals surface area contributed by atoms with Gasteiger partial charge in [0.25, 0.3) is 0 Å². The summed E-state index contributed by atoms with van der Waals surface area (Å²) in [6.45, 7) is 6.27. The van der Waals surface area contributed by atoms with Crippen molar-refractivity contribution in [1.29, 1.82) is 0 Å². The molecule has 2 atom stereocenters. The number of carbonyl (C=O) groups is 1. The topological polar surface area (TPSA) is 72.1 Å². The standard InChI is InChI=1S/C18H21ClN4O/c1-11-8-23(10-16(11)17(20)24)9-15-7-12(2)21-18(22-15)13-3-5-14(19)6-4-13/h3-7,11,16H,8-10H2,1-2H3,(H2,20,24)/t11-,16-/m1/s1. The normalized spacial score (nSPS) is 21.1. The maximum Gasteiger partial charge on any atom is 0.222 e. The van der Waals surface area contributed by atoms with Gasteiger partial charge in [0.05, 0.1) is 11.6 Å². The number of amides is 1. The minimum Gasteiger partial charge on any atom is -0.369 e. The fourth-order valence-electron chi connectivity index (χ4n) is 3.24. The van der Waals surface area contributed by atoms with Crippen LogP contribution in [0.5, 0.6) is 0 Å². The van der Waals surface area contributed by atoms with E-state index in [2.05, 4.69) is 21.8 Å². The Hall–Kier alpha value is -1.98. The van der Waals surface area contributed by atoms with Crippen LogP contribution in [0.15, 0.2) is 30.3 Å². The maximum atomic E-state index is 11.5. The molecular formula is C18H21ClN4O. The number of likely N-dealkylation sites (tertiary alicyclic amines) is 1. The summed E-state index contributed by atoms with van der Waals surface area (Å²) in [6.07, 6.45) is 0. The lowest BCUT2D eigenvalue weighted by molar-refractivity contribution is -0.122. The molecule has 126 valence electrons. The Bertz CT molecular complexity index is 747. The van der Waals surface area contributed by atoms with E-state index in [1.165, 1.54) is 0 Å². The van der Waals surface area contributed by atoms with Crippen molar-refractivity contribution in [3.8, 4) is 11.4 Å². The molecule has 0 bridgehead atoms. The molecule has 0 aliphatic carbocycles. The second-order valence-corrected chi connectivity index (χ2v) is 6.95. The largest absolute Gasteiger partial charge is 0.369 e. The second kappa shape index (κ2) is 6.87. The fourth-order valence-corrected chi connectivity index (χ4v) is 3.36. The lowest BCUT2D eigenvalue weighted by Crippen LogP contribution is -2.29. The van der Waals surface area contributed by atoms with Gasteiger partial charge in [0.1, 0.15) is 0 Å². The third-order valence-electron chi connectivity index (χ3n) is 4.45. The number of nitrogens with two attached hydrogens (primary N) is 1. The summed E-state index contributed by atoms with van der Waals surface area (Å²) in [5, 5.41) is 0.690. The molecule has 2 heterocycles. The van der Waals surface area contributed by atoms with E-state index in [1.807, 2.05) is 37.3 Å². The Morgan fingerprint density at radius 1 is 1.29 bits per heavy atom. The highest BCUT2D eigenvalue weighted by molar-refractivity contribution is 6.30. The third kappa shape index (κ3) is 3.74. The van der Waals surface area contributed by atoms with Crippen LogP contribution >= 0.6 is 11.6 Å². The van der Waals surface area contributed by atoms with Gasteiger partial charge in [0, 0.05) is 35.9 Å². The molecule has 0 spiro atoms. The van der Waals surface area contributed by atoms with Gasteiger partial charge >= 0.3 is 0 Å². The molecule has 1 aromatic heterocycles. The van der Waals surface area contributed by atoms with Crippen LogP contribution in [0.2, 0.25) is 5.02 Å². The van der Waals surface area contributed by atoms with Crippen LogP contribution in [0.25, 0.3) is 11.4 Å². The molecule has 5 nitrogen and oxygen atoms in total. The number of nitrogens with zero attached hydrogens (tertiary/aromatic N) is 3. The molecule has 1 aliphatic rings. The van der Waals surface area contributed by atoms with Crippen molar-refractivity contribution in [3.05, 3.63) is 46.7 Å². The van der Waals surface area contributed by atoms with E-state index in [-0.39, 0.29) is 17.7 Å². The van der Waals surface area contributed by atoms with Crippen molar-refractivity contribution in [2.45, 2.75) is 20.4 Å². The molecule has 2 aromatic rings. The molecule has 3 rings (SSSR count). The van der Waals surface area contributed by atoms with Crippen molar-refractivity contribution in [2.24, 2.45) is 17.6 Å². The van der Waals surface area contributed by atoms with Crippen molar-refractivity contribution in [2.75, 3.05) is 13.1 Å². The number of rotatable bonds is 4. The molecule has 0 unspecified atom stereocenters. The van der Waals surface area contributed by atoms with E-state index in [1.54, 1.807) is 0 Å². The summed E-state index contributed by atoms with van der Waals surface area (Å²) >= 11 is 5.94. The van der Waals surface area contributed by atoms with Gasteiger partial charge in [-0.3, -0.25) is 9.69 Å². The van der Waals surface area contributed by atoms with Gasteiger partial charge in [-0.05, 0) is 43.2 Å². The van der Waals surface area contributed by atoms with E-state index in [0.717, 1.165) is 23.5 Å². The van der Waals surface area contributed by atoms with Gasteiger partial charge in [0.15, 0.2) is 5.82 Å². The summed E-state index contributed by atoms with van der Waals surface area (Å²) in [5.74, 6) is 0.677. The molecule has 24 heavy (non-hydrogen) atoms. The van der Waals surface area contributed by atoms with Gasteiger partial charge in [0.2, 0.25) is 5.91 Å². The van der Waals surface area contributed by atoms with Crippen molar-refractivity contribution >= 4 is 17.5 Å². The number of hydrogen-bond acceptors (Lipinski definition) is 4. The first-order valence-corrected chi connectivity index (χ1v) is 8.42. The summed E-state index contributed by atoms with van der Waals surface area (Å²) in [7, 11) is 0. The van der Waals surface area contributed by atoms with Crippen LogP contribution in [0, 0.1) is 18.8 Å². The first-order chi connectivity index (χ1) is 11.4. The van der Waals surface area contributed by atoms with Gasteiger partial charge in [-0.15, -0.1) is 0 Å². The third-order valence-corrected chi connectivity index (χ3v) is 4.70. The van der Waals surface area contributed by atoms with Crippen LogP contribution in [0.4, 0.5) is 0 Å². The number of aryl methyl sites for hydroxylation is 1. The quantitative estimate of drug-likeness (QED) is 0.925. The van der Waals surface area contributed by atoms with E-state index in [4.69, 9.17) is 17.3 Å².